The van der Waals surface area contributed by atoms with E-state index < -0.39 is 0 Å². The molecule has 1 aliphatic heterocycles. The van der Waals surface area contributed by atoms with E-state index in [0.29, 0.717) is 19.6 Å². The highest BCUT2D eigenvalue weighted by atomic mass is 16.3. The van der Waals surface area contributed by atoms with Crippen molar-refractivity contribution >= 4 is 11.8 Å². The number of carbonyl (C=O) groups is 2. The van der Waals surface area contributed by atoms with Gasteiger partial charge in [0.1, 0.15) is 0 Å². The number of hydrogen-bond donors (Lipinski definition) is 2. The van der Waals surface area contributed by atoms with E-state index in [1.54, 1.807) is 11.0 Å². The van der Waals surface area contributed by atoms with E-state index in [9.17, 15) is 14.7 Å². The van der Waals surface area contributed by atoms with E-state index in [0.717, 1.165) is 25.7 Å². The lowest BCUT2D eigenvalue weighted by Gasteiger charge is -2.27. The van der Waals surface area contributed by atoms with Crippen LogP contribution in [0.3, 0.4) is 0 Å². The van der Waals surface area contributed by atoms with Crippen LogP contribution in [0.2, 0.25) is 0 Å². The molecule has 0 bridgehead atoms. The second kappa shape index (κ2) is 6.39. The first-order chi connectivity index (χ1) is 9.60. The Hall–Kier alpha value is -1.36. The number of aliphatic hydroxyl groups is 1. The second-order valence-electron chi connectivity index (χ2n) is 6.07. The molecule has 2 rings (SSSR count). The molecular formula is C15H24N2O3. The Morgan fingerprint density at radius 1 is 1.50 bits per heavy atom. The van der Waals surface area contributed by atoms with E-state index in [1.165, 1.54) is 0 Å². The van der Waals surface area contributed by atoms with Gasteiger partial charge >= 0.3 is 0 Å². The van der Waals surface area contributed by atoms with Gasteiger partial charge in [-0.15, -0.1) is 6.58 Å². The summed E-state index contributed by atoms with van der Waals surface area (Å²) in [5.41, 5.74) is -0.140. The first-order valence-electron chi connectivity index (χ1n) is 7.37. The zero-order chi connectivity index (χ0) is 14.6. The SMILES string of the molecule is C=CCN1CC(C(=O)NCC2(CO)CCCC2)CC1=O. The molecule has 1 atom stereocenters. The third kappa shape index (κ3) is 3.20. The number of nitrogens with zero attached hydrogens (tertiary/aromatic N) is 1. The number of carbonyl (C=O) groups excluding carboxylic acids is 2. The minimum atomic E-state index is -0.264. The van der Waals surface area contributed by atoms with Crippen molar-refractivity contribution in [2.45, 2.75) is 32.1 Å². The third-order valence-electron chi connectivity index (χ3n) is 4.57. The van der Waals surface area contributed by atoms with Crippen molar-refractivity contribution in [1.82, 2.24) is 10.2 Å². The van der Waals surface area contributed by atoms with Crippen LogP contribution in [0.5, 0.6) is 0 Å². The highest BCUT2D eigenvalue weighted by Crippen LogP contribution is 2.37. The minimum Gasteiger partial charge on any atom is -0.396 e. The summed E-state index contributed by atoms with van der Waals surface area (Å²) in [7, 11) is 0. The summed E-state index contributed by atoms with van der Waals surface area (Å²) in [6.07, 6.45) is 6.13. The first kappa shape index (κ1) is 15.0. The first-order valence-corrected chi connectivity index (χ1v) is 7.37. The van der Waals surface area contributed by atoms with E-state index in [1.807, 2.05) is 0 Å². The van der Waals surface area contributed by atoms with Crippen LogP contribution in [-0.2, 0) is 9.59 Å². The molecule has 1 aliphatic carbocycles. The van der Waals surface area contributed by atoms with Crippen LogP contribution in [0.25, 0.3) is 0 Å². The Morgan fingerprint density at radius 2 is 2.20 bits per heavy atom. The van der Waals surface area contributed by atoms with Crippen molar-refractivity contribution in [3.05, 3.63) is 12.7 Å². The molecule has 2 fully saturated rings. The Kier molecular flexibility index (Phi) is 4.81. The van der Waals surface area contributed by atoms with Gasteiger partial charge in [0.15, 0.2) is 0 Å². The molecule has 2 aliphatic rings. The van der Waals surface area contributed by atoms with Crippen molar-refractivity contribution < 1.29 is 14.7 Å². The van der Waals surface area contributed by atoms with E-state index >= 15 is 0 Å². The fourth-order valence-electron chi connectivity index (χ4n) is 3.21. The summed E-state index contributed by atoms with van der Waals surface area (Å²) >= 11 is 0. The van der Waals surface area contributed by atoms with Gasteiger partial charge in [0.25, 0.3) is 0 Å². The van der Waals surface area contributed by atoms with Crippen LogP contribution in [0, 0.1) is 11.3 Å². The van der Waals surface area contributed by atoms with Gasteiger partial charge in [-0.25, -0.2) is 0 Å². The van der Waals surface area contributed by atoms with Gasteiger partial charge in [-0.3, -0.25) is 9.59 Å². The lowest BCUT2D eigenvalue weighted by atomic mass is 9.87. The molecule has 1 unspecified atom stereocenters. The monoisotopic (exact) mass is 280 g/mol. The van der Waals surface area contributed by atoms with Gasteiger partial charge in [-0.2, -0.15) is 0 Å². The van der Waals surface area contributed by atoms with Crippen LogP contribution in [0.1, 0.15) is 32.1 Å². The smallest absolute Gasteiger partial charge is 0.225 e. The molecule has 1 saturated heterocycles. The van der Waals surface area contributed by atoms with Crippen LogP contribution >= 0.6 is 0 Å². The lowest BCUT2D eigenvalue weighted by molar-refractivity contribution is -0.128. The van der Waals surface area contributed by atoms with Crippen molar-refractivity contribution in [3.63, 3.8) is 0 Å². The maximum absolute atomic E-state index is 12.2. The molecule has 5 heteroatoms. The quantitative estimate of drug-likeness (QED) is 0.703. The van der Waals surface area contributed by atoms with Gasteiger partial charge in [0, 0.05) is 31.5 Å². The van der Waals surface area contributed by atoms with Crippen molar-refractivity contribution in [3.8, 4) is 0 Å². The van der Waals surface area contributed by atoms with Gasteiger partial charge in [-0.1, -0.05) is 18.9 Å². The normalized spacial score (nSPS) is 24.9. The number of aliphatic hydroxyl groups excluding tert-OH is 1. The number of nitrogens with one attached hydrogen (secondary N) is 1. The number of likely N-dealkylation sites (tertiary alicyclic amines) is 1. The Morgan fingerprint density at radius 3 is 2.80 bits per heavy atom. The molecular weight excluding hydrogens is 256 g/mol. The number of hydrogen-bond acceptors (Lipinski definition) is 3. The highest BCUT2D eigenvalue weighted by Gasteiger charge is 2.37. The lowest BCUT2D eigenvalue weighted by Crippen LogP contribution is -2.41. The highest BCUT2D eigenvalue weighted by molar-refractivity contribution is 5.89. The fraction of sp³-hybridized carbons (Fsp3) is 0.733. The zero-order valence-corrected chi connectivity index (χ0v) is 11.9. The standard InChI is InChI=1S/C15H24N2O3/c1-2-7-17-9-12(8-13(17)19)14(20)16-10-15(11-18)5-3-4-6-15/h2,12,18H,1,3-11H2,(H,16,20). The third-order valence-corrected chi connectivity index (χ3v) is 4.57. The summed E-state index contributed by atoms with van der Waals surface area (Å²) in [4.78, 5) is 25.5. The van der Waals surface area contributed by atoms with Crippen LogP contribution in [-0.4, -0.2) is 48.1 Å². The van der Waals surface area contributed by atoms with Crippen LogP contribution < -0.4 is 5.32 Å². The Balaban J connectivity index is 1.83. The molecule has 0 aromatic rings. The molecule has 1 saturated carbocycles. The molecule has 2 N–H and O–H groups in total. The Labute approximate surface area is 120 Å². The summed E-state index contributed by atoms with van der Waals surface area (Å²) < 4.78 is 0. The van der Waals surface area contributed by atoms with Gasteiger partial charge in [-0.05, 0) is 12.8 Å². The molecule has 1 heterocycles. The van der Waals surface area contributed by atoms with E-state index in [-0.39, 0.29) is 36.2 Å². The summed E-state index contributed by atoms with van der Waals surface area (Å²) in [6, 6.07) is 0. The minimum absolute atomic E-state index is 0.0165. The predicted octanol–water partition coefficient (Wildman–Crippen LogP) is 0.690. The molecule has 0 aromatic carbocycles. The van der Waals surface area contributed by atoms with Crippen molar-refractivity contribution in [2.75, 3.05) is 26.2 Å². The van der Waals surface area contributed by atoms with E-state index in [2.05, 4.69) is 11.9 Å². The van der Waals surface area contributed by atoms with Crippen molar-refractivity contribution in [1.29, 1.82) is 0 Å². The predicted molar refractivity (Wildman–Crippen MR) is 75.9 cm³/mol. The average Bonchev–Trinajstić information content (AvgIpc) is 3.05. The summed E-state index contributed by atoms with van der Waals surface area (Å²) in [6.45, 7) is 5.24. The summed E-state index contributed by atoms with van der Waals surface area (Å²) in [5, 5.41) is 12.5. The molecule has 5 nitrogen and oxygen atoms in total. The maximum Gasteiger partial charge on any atom is 0.225 e. The zero-order valence-electron chi connectivity index (χ0n) is 11.9. The van der Waals surface area contributed by atoms with E-state index in [4.69, 9.17) is 0 Å². The van der Waals surface area contributed by atoms with Crippen LogP contribution in [0.15, 0.2) is 12.7 Å². The van der Waals surface area contributed by atoms with Crippen LogP contribution in [0.4, 0.5) is 0 Å². The van der Waals surface area contributed by atoms with Gasteiger partial charge in [0.2, 0.25) is 11.8 Å². The Bertz CT molecular complexity index is 389. The molecule has 0 spiro atoms. The average molecular weight is 280 g/mol. The summed E-state index contributed by atoms with van der Waals surface area (Å²) in [5.74, 6) is -0.313. The second-order valence-corrected chi connectivity index (χ2v) is 6.07. The molecule has 0 radical (unpaired) electrons. The number of rotatable bonds is 6. The largest absolute Gasteiger partial charge is 0.396 e. The molecule has 2 amide bonds. The molecule has 0 aromatic heterocycles. The molecule has 20 heavy (non-hydrogen) atoms. The van der Waals surface area contributed by atoms with Crippen molar-refractivity contribution in [2.24, 2.45) is 11.3 Å². The van der Waals surface area contributed by atoms with Gasteiger partial charge < -0.3 is 15.3 Å². The number of amides is 2. The topological polar surface area (TPSA) is 69.6 Å². The molecule has 112 valence electrons. The maximum atomic E-state index is 12.2. The fourth-order valence-corrected chi connectivity index (χ4v) is 3.21. The van der Waals surface area contributed by atoms with Gasteiger partial charge in [0.05, 0.1) is 12.5 Å².